The number of aryl methyl sites for hydroxylation is 2. The normalized spacial score (nSPS) is 15.4. The van der Waals surface area contributed by atoms with Crippen molar-refractivity contribution in [3.05, 3.63) is 63.7 Å². The van der Waals surface area contributed by atoms with Crippen LogP contribution in [0.1, 0.15) is 29.4 Å². The van der Waals surface area contributed by atoms with Gasteiger partial charge in [-0.2, -0.15) is 0 Å². The van der Waals surface area contributed by atoms with Crippen molar-refractivity contribution in [1.29, 1.82) is 0 Å². The maximum atomic E-state index is 12.2. The van der Waals surface area contributed by atoms with Gasteiger partial charge < -0.3 is 9.26 Å². The van der Waals surface area contributed by atoms with E-state index in [0.717, 1.165) is 11.1 Å². The smallest absolute Gasteiger partial charge is 0.308 e. The van der Waals surface area contributed by atoms with Gasteiger partial charge in [0.2, 0.25) is 0 Å². The minimum Gasteiger partial charge on any atom is -0.459 e. The lowest BCUT2D eigenvalue weighted by atomic mass is 10.1. The second kappa shape index (κ2) is 7.63. The molecule has 8 heteroatoms. The molecule has 0 saturated heterocycles. The molecule has 1 aliphatic rings. The van der Waals surface area contributed by atoms with Gasteiger partial charge in [0, 0.05) is 29.1 Å². The highest BCUT2D eigenvalue weighted by molar-refractivity contribution is 7.99. The molecule has 0 spiro atoms. The summed E-state index contributed by atoms with van der Waals surface area (Å²) in [5, 5.41) is 4.61. The number of hydrogen-bond acceptors (Lipinski definition) is 7. The second-order valence-electron chi connectivity index (χ2n) is 6.77. The summed E-state index contributed by atoms with van der Waals surface area (Å²) in [6.45, 7) is 3.83. The van der Waals surface area contributed by atoms with Crippen LogP contribution in [0.2, 0.25) is 0 Å². The van der Waals surface area contributed by atoms with Crippen LogP contribution in [-0.4, -0.2) is 26.4 Å². The predicted octanol–water partition coefficient (Wildman–Crippen LogP) is 3.30. The van der Waals surface area contributed by atoms with Crippen LogP contribution in [0.4, 0.5) is 0 Å². The standard InChI is InChI=1S/C20H19N3O4S/c1-12-3-5-14(6-4-12)17-8-15(22-27-17)10-26-19(25)9-16-11-28-20-21-13(2)7-18(24)23(16)20/h3-8,16H,9-11H2,1-2H3. The van der Waals surface area contributed by atoms with Gasteiger partial charge in [-0.25, -0.2) is 4.98 Å². The molecular formula is C20H19N3O4S. The van der Waals surface area contributed by atoms with Crippen molar-refractivity contribution < 1.29 is 14.1 Å². The number of thioether (sulfide) groups is 1. The third-order valence-electron chi connectivity index (χ3n) is 4.50. The first kappa shape index (κ1) is 18.5. The number of nitrogens with zero attached hydrogens (tertiary/aromatic N) is 3. The van der Waals surface area contributed by atoms with Crippen molar-refractivity contribution in [3.63, 3.8) is 0 Å². The molecule has 2 aromatic heterocycles. The van der Waals surface area contributed by atoms with Crippen LogP contribution in [0.3, 0.4) is 0 Å². The molecule has 0 N–H and O–H groups in total. The van der Waals surface area contributed by atoms with Crippen LogP contribution < -0.4 is 5.56 Å². The summed E-state index contributed by atoms with van der Waals surface area (Å²) in [4.78, 5) is 28.8. The minimum atomic E-state index is -0.384. The van der Waals surface area contributed by atoms with E-state index in [2.05, 4.69) is 10.1 Å². The van der Waals surface area contributed by atoms with Crippen LogP contribution in [0.15, 0.2) is 50.9 Å². The third kappa shape index (κ3) is 3.87. The Morgan fingerprint density at radius 3 is 2.86 bits per heavy atom. The van der Waals surface area contributed by atoms with Crippen LogP contribution in [0, 0.1) is 13.8 Å². The zero-order valence-electron chi connectivity index (χ0n) is 15.5. The van der Waals surface area contributed by atoms with Gasteiger partial charge in [0.25, 0.3) is 5.56 Å². The Morgan fingerprint density at radius 2 is 2.07 bits per heavy atom. The van der Waals surface area contributed by atoms with Crippen molar-refractivity contribution in [2.45, 2.75) is 38.1 Å². The van der Waals surface area contributed by atoms with Gasteiger partial charge in [-0.15, -0.1) is 0 Å². The van der Waals surface area contributed by atoms with E-state index in [1.807, 2.05) is 31.2 Å². The average Bonchev–Trinajstić information content (AvgIpc) is 3.28. The summed E-state index contributed by atoms with van der Waals surface area (Å²) in [6.07, 6.45) is 0.118. The summed E-state index contributed by atoms with van der Waals surface area (Å²) in [7, 11) is 0. The molecule has 3 aromatic rings. The Morgan fingerprint density at radius 1 is 1.29 bits per heavy atom. The summed E-state index contributed by atoms with van der Waals surface area (Å²) in [5.41, 5.74) is 3.16. The van der Waals surface area contributed by atoms with Crippen molar-refractivity contribution in [2.75, 3.05) is 5.75 Å². The number of aromatic nitrogens is 3. The van der Waals surface area contributed by atoms with E-state index < -0.39 is 0 Å². The summed E-state index contributed by atoms with van der Waals surface area (Å²) >= 11 is 1.48. The lowest BCUT2D eigenvalue weighted by molar-refractivity contribution is -0.145. The lowest BCUT2D eigenvalue weighted by Crippen LogP contribution is -2.26. The Bertz CT molecular complexity index is 1070. The largest absolute Gasteiger partial charge is 0.459 e. The van der Waals surface area contributed by atoms with Crippen LogP contribution in [0.25, 0.3) is 11.3 Å². The first-order valence-corrected chi connectivity index (χ1v) is 9.89. The fourth-order valence-electron chi connectivity index (χ4n) is 3.05. The SMILES string of the molecule is Cc1ccc(-c2cc(COC(=O)CC3CSc4nc(C)cc(=O)n43)no2)cc1. The Kier molecular flexibility index (Phi) is 5.04. The highest BCUT2D eigenvalue weighted by atomic mass is 32.2. The van der Waals surface area contributed by atoms with Crippen molar-refractivity contribution >= 4 is 17.7 Å². The number of esters is 1. The quantitative estimate of drug-likeness (QED) is 0.482. The van der Waals surface area contributed by atoms with Gasteiger partial charge in [0.1, 0.15) is 12.3 Å². The molecule has 0 amide bonds. The average molecular weight is 397 g/mol. The number of hydrogen-bond donors (Lipinski definition) is 0. The maximum absolute atomic E-state index is 12.2. The molecule has 1 aliphatic heterocycles. The lowest BCUT2D eigenvalue weighted by Gasteiger charge is -2.12. The van der Waals surface area contributed by atoms with E-state index in [9.17, 15) is 9.59 Å². The number of ether oxygens (including phenoxy) is 1. The third-order valence-corrected chi connectivity index (χ3v) is 5.59. The highest BCUT2D eigenvalue weighted by Gasteiger charge is 2.28. The molecular weight excluding hydrogens is 378 g/mol. The van der Waals surface area contributed by atoms with Gasteiger partial charge in [0.05, 0.1) is 12.5 Å². The van der Waals surface area contributed by atoms with E-state index in [1.165, 1.54) is 17.8 Å². The Balaban J connectivity index is 1.36. The number of benzene rings is 1. The number of carbonyl (C=O) groups is 1. The van der Waals surface area contributed by atoms with E-state index in [0.29, 0.717) is 28.1 Å². The molecule has 0 fully saturated rings. The van der Waals surface area contributed by atoms with Gasteiger partial charge in [-0.1, -0.05) is 46.7 Å². The molecule has 1 atom stereocenters. The van der Waals surface area contributed by atoms with Gasteiger partial charge in [-0.05, 0) is 13.8 Å². The molecule has 0 bridgehead atoms. The van der Waals surface area contributed by atoms with Gasteiger partial charge in [-0.3, -0.25) is 14.2 Å². The monoisotopic (exact) mass is 397 g/mol. The van der Waals surface area contributed by atoms with Crippen LogP contribution >= 0.6 is 11.8 Å². The molecule has 1 unspecified atom stereocenters. The van der Waals surface area contributed by atoms with Crippen molar-refractivity contribution in [3.8, 4) is 11.3 Å². The predicted molar refractivity (Wildman–Crippen MR) is 104 cm³/mol. The Labute approximate surface area is 165 Å². The van der Waals surface area contributed by atoms with E-state index in [-0.39, 0.29) is 30.6 Å². The molecule has 7 nitrogen and oxygen atoms in total. The van der Waals surface area contributed by atoms with E-state index >= 15 is 0 Å². The molecule has 3 heterocycles. The molecule has 0 aliphatic carbocycles. The van der Waals surface area contributed by atoms with Crippen molar-refractivity contribution in [1.82, 2.24) is 14.7 Å². The zero-order chi connectivity index (χ0) is 19.7. The summed E-state index contributed by atoms with van der Waals surface area (Å²) in [5.74, 6) is 0.869. The molecule has 0 saturated carbocycles. The molecule has 144 valence electrons. The van der Waals surface area contributed by atoms with E-state index in [1.54, 1.807) is 17.6 Å². The van der Waals surface area contributed by atoms with E-state index in [4.69, 9.17) is 9.26 Å². The summed E-state index contributed by atoms with van der Waals surface area (Å²) in [6, 6.07) is 10.9. The summed E-state index contributed by atoms with van der Waals surface area (Å²) < 4.78 is 12.2. The molecule has 4 rings (SSSR count). The molecule has 28 heavy (non-hydrogen) atoms. The first-order valence-electron chi connectivity index (χ1n) is 8.91. The minimum absolute atomic E-state index is 0.0297. The highest BCUT2D eigenvalue weighted by Crippen LogP contribution is 2.32. The van der Waals surface area contributed by atoms with Crippen LogP contribution in [-0.2, 0) is 16.1 Å². The fraction of sp³-hybridized carbons (Fsp3) is 0.300. The zero-order valence-corrected chi connectivity index (χ0v) is 16.4. The van der Waals surface area contributed by atoms with Gasteiger partial charge in [0.15, 0.2) is 10.9 Å². The molecule has 1 aromatic carbocycles. The number of fused-ring (bicyclic) bond motifs is 1. The number of rotatable bonds is 5. The van der Waals surface area contributed by atoms with Gasteiger partial charge >= 0.3 is 5.97 Å². The topological polar surface area (TPSA) is 87.2 Å². The first-order chi connectivity index (χ1) is 13.5. The fourth-order valence-corrected chi connectivity index (χ4v) is 4.25. The Hall–Kier alpha value is -2.87. The molecule has 0 radical (unpaired) electrons. The van der Waals surface area contributed by atoms with Crippen molar-refractivity contribution in [2.24, 2.45) is 0 Å². The number of carbonyl (C=O) groups excluding carboxylic acids is 1. The maximum Gasteiger partial charge on any atom is 0.308 e. The second-order valence-corrected chi connectivity index (χ2v) is 7.75. The van der Waals surface area contributed by atoms with Crippen LogP contribution in [0.5, 0.6) is 0 Å².